The largest absolute Gasteiger partial charge is 0.384 e. The summed E-state index contributed by atoms with van der Waals surface area (Å²) in [6.07, 6.45) is 1.69. The Morgan fingerprint density at radius 1 is 1.53 bits per heavy atom. The van der Waals surface area contributed by atoms with Gasteiger partial charge < -0.3 is 10.6 Å². The van der Waals surface area contributed by atoms with Gasteiger partial charge in [-0.05, 0) is 12.1 Å². The predicted octanol–water partition coefficient (Wildman–Crippen LogP) is 1.46. The Bertz CT molecular complexity index is 508. The summed E-state index contributed by atoms with van der Waals surface area (Å²) in [5.74, 6) is 0.728. The molecule has 6 heteroatoms. The molecule has 0 spiro atoms. The number of hydrogen-bond donors (Lipinski definition) is 2. The number of hydrogen-bond acceptors (Lipinski definition) is 5. The van der Waals surface area contributed by atoms with Gasteiger partial charge >= 0.3 is 0 Å². The maximum Gasteiger partial charge on any atom is 0.139 e. The van der Waals surface area contributed by atoms with E-state index in [0.29, 0.717) is 17.9 Å². The number of pyridine rings is 1. The van der Waals surface area contributed by atoms with Crippen molar-refractivity contribution in [2.24, 2.45) is 5.73 Å². The first kappa shape index (κ1) is 11.5. The molecule has 17 heavy (non-hydrogen) atoms. The SMILES string of the molecule is CN(Cc1cscn1)c1ncccc1C(=N)N. The third-order valence-corrected chi connectivity index (χ3v) is 2.96. The monoisotopic (exact) mass is 247 g/mol. The van der Waals surface area contributed by atoms with Crippen LogP contribution in [-0.4, -0.2) is 22.9 Å². The summed E-state index contributed by atoms with van der Waals surface area (Å²) in [6, 6.07) is 3.57. The molecule has 0 saturated heterocycles. The second-order valence-electron chi connectivity index (χ2n) is 3.62. The van der Waals surface area contributed by atoms with Gasteiger partial charge in [-0.15, -0.1) is 11.3 Å². The van der Waals surface area contributed by atoms with Crippen molar-refractivity contribution in [3.63, 3.8) is 0 Å². The number of nitrogens with two attached hydrogens (primary N) is 1. The van der Waals surface area contributed by atoms with Gasteiger partial charge in [-0.25, -0.2) is 9.97 Å². The molecule has 0 radical (unpaired) electrons. The fourth-order valence-electron chi connectivity index (χ4n) is 1.54. The molecule has 0 unspecified atom stereocenters. The number of nitrogen functional groups attached to an aromatic ring is 1. The summed E-state index contributed by atoms with van der Waals surface area (Å²) in [6.45, 7) is 0.654. The van der Waals surface area contributed by atoms with Crippen LogP contribution in [0.4, 0.5) is 5.82 Å². The first-order chi connectivity index (χ1) is 8.18. The quantitative estimate of drug-likeness (QED) is 0.633. The fourth-order valence-corrected chi connectivity index (χ4v) is 2.09. The van der Waals surface area contributed by atoms with Crippen LogP contribution in [0.25, 0.3) is 0 Å². The Hall–Kier alpha value is -1.95. The van der Waals surface area contributed by atoms with Crippen molar-refractivity contribution < 1.29 is 0 Å². The molecule has 0 aromatic carbocycles. The lowest BCUT2D eigenvalue weighted by molar-refractivity contribution is 0.872. The van der Waals surface area contributed by atoms with Gasteiger partial charge in [0.05, 0.1) is 23.3 Å². The molecule has 0 aliphatic rings. The normalized spacial score (nSPS) is 10.2. The second kappa shape index (κ2) is 4.92. The van der Waals surface area contributed by atoms with Gasteiger partial charge in [-0.1, -0.05) is 0 Å². The first-order valence-electron chi connectivity index (χ1n) is 5.06. The van der Waals surface area contributed by atoms with E-state index in [4.69, 9.17) is 11.1 Å². The maximum atomic E-state index is 7.52. The van der Waals surface area contributed by atoms with Gasteiger partial charge in [0.25, 0.3) is 0 Å². The van der Waals surface area contributed by atoms with Crippen molar-refractivity contribution in [2.75, 3.05) is 11.9 Å². The third kappa shape index (κ3) is 2.59. The molecule has 88 valence electrons. The molecule has 5 nitrogen and oxygen atoms in total. The smallest absolute Gasteiger partial charge is 0.139 e. The number of anilines is 1. The lowest BCUT2D eigenvalue weighted by Crippen LogP contribution is -2.23. The van der Waals surface area contributed by atoms with E-state index in [1.807, 2.05) is 17.3 Å². The number of nitrogens with zero attached hydrogens (tertiary/aromatic N) is 3. The van der Waals surface area contributed by atoms with E-state index in [1.54, 1.807) is 35.2 Å². The Balaban J connectivity index is 2.24. The van der Waals surface area contributed by atoms with Gasteiger partial charge in [0.1, 0.15) is 11.7 Å². The molecule has 0 aliphatic carbocycles. The maximum absolute atomic E-state index is 7.52. The Kier molecular flexibility index (Phi) is 3.34. The highest BCUT2D eigenvalue weighted by atomic mass is 32.1. The molecule has 0 bridgehead atoms. The van der Waals surface area contributed by atoms with Crippen LogP contribution in [0.1, 0.15) is 11.3 Å². The molecule has 0 atom stereocenters. The molecule has 2 rings (SSSR count). The van der Waals surface area contributed by atoms with Gasteiger partial charge in [-0.3, -0.25) is 5.41 Å². The van der Waals surface area contributed by atoms with Gasteiger partial charge in [-0.2, -0.15) is 0 Å². The molecule has 2 heterocycles. The van der Waals surface area contributed by atoms with Crippen LogP contribution in [-0.2, 0) is 6.54 Å². The van der Waals surface area contributed by atoms with E-state index in [0.717, 1.165) is 5.69 Å². The van der Waals surface area contributed by atoms with E-state index in [2.05, 4.69) is 9.97 Å². The van der Waals surface area contributed by atoms with E-state index in [9.17, 15) is 0 Å². The second-order valence-corrected chi connectivity index (χ2v) is 4.34. The highest BCUT2D eigenvalue weighted by Crippen LogP contribution is 2.17. The van der Waals surface area contributed by atoms with Gasteiger partial charge in [0, 0.05) is 18.6 Å². The fraction of sp³-hybridized carbons (Fsp3) is 0.182. The van der Waals surface area contributed by atoms with Crippen LogP contribution in [0.15, 0.2) is 29.2 Å². The molecule has 0 fully saturated rings. The van der Waals surface area contributed by atoms with Crippen molar-refractivity contribution in [1.82, 2.24) is 9.97 Å². The van der Waals surface area contributed by atoms with Crippen molar-refractivity contribution in [3.8, 4) is 0 Å². The highest BCUT2D eigenvalue weighted by Gasteiger charge is 2.11. The minimum atomic E-state index is 0.0261. The number of thiazole rings is 1. The Morgan fingerprint density at radius 3 is 3.00 bits per heavy atom. The average molecular weight is 247 g/mol. The minimum Gasteiger partial charge on any atom is -0.384 e. The molecule has 0 saturated carbocycles. The number of aromatic nitrogens is 2. The summed E-state index contributed by atoms with van der Waals surface area (Å²) < 4.78 is 0. The van der Waals surface area contributed by atoms with Crippen molar-refractivity contribution >= 4 is 23.0 Å². The number of amidine groups is 1. The van der Waals surface area contributed by atoms with Crippen LogP contribution < -0.4 is 10.6 Å². The summed E-state index contributed by atoms with van der Waals surface area (Å²) in [5.41, 5.74) is 8.96. The number of rotatable bonds is 4. The topological polar surface area (TPSA) is 78.9 Å². The van der Waals surface area contributed by atoms with E-state index in [1.165, 1.54) is 0 Å². The Labute approximate surface area is 103 Å². The number of nitrogens with one attached hydrogen (secondary N) is 1. The summed E-state index contributed by atoms with van der Waals surface area (Å²) in [7, 11) is 1.91. The van der Waals surface area contributed by atoms with Gasteiger partial charge in [0.2, 0.25) is 0 Å². The van der Waals surface area contributed by atoms with E-state index < -0.39 is 0 Å². The molecule has 0 amide bonds. The van der Waals surface area contributed by atoms with Crippen molar-refractivity contribution in [2.45, 2.75) is 6.54 Å². The van der Waals surface area contributed by atoms with Crippen LogP contribution in [0.2, 0.25) is 0 Å². The lowest BCUT2D eigenvalue weighted by Gasteiger charge is -2.19. The highest BCUT2D eigenvalue weighted by molar-refractivity contribution is 7.07. The van der Waals surface area contributed by atoms with E-state index >= 15 is 0 Å². The van der Waals surface area contributed by atoms with Gasteiger partial charge in [0.15, 0.2) is 0 Å². The molecule has 2 aromatic heterocycles. The van der Waals surface area contributed by atoms with Crippen molar-refractivity contribution in [1.29, 1.82) is 5.41 Å². The zero-order valence-electron chi connectivity index (χ0n) is 9.42. The summed E-state index contributed by atoms with van der Waals surface area (Å²) >= 11 is 1.56. The van der Waals surface area contributed by atoms with Crippen molar-refractivity contribution in [3.05, 3.63) is 40.5 Å². The lowest BCUT2D eigenvalue weighted by atomic mass is 10.2. The third-order valence-electron chi connectivity index (χ3n) is 2.32. The molecule has 0 aliphatic heterocycles. The average Bonchev–Trinajstić information content (AvgIpc) is 2.81. The zero-order valence-corrected chi connectivity index (χ0v) is 10.2. The van der Waals surface area contributed by atoms with Crippen LogP contribution in [0.5, 0.6) is 0 Å². The zero-order chi connectivity index (χ0) is 12.3. The summed E-state index contributed by atoms with van der Waals surface area (Å²) in [5, 5.41) is 9.51. The molecular weight excluding hydrogens is 234 g/mol. The molecule has 3 N–H and O–H groups in total. The Morgan fingerprint density at radius 2 is 2.35 bits per heavy atom. The standard InChI is InChI=1S/C11H13N5S/c1-16(5-8-6-17-7-15-8)11-9(10(12)13)3-2-4-14-11/h2-4,6-7H,5H2,1H3,(H3,12,13). The van der Waals surface area contributed by atoms with Crippen LogP contribution in [0.3, 0.4) is 0 Å². The van der Waals surface area contributed by atoms with E-state index in [-0.39, 0.29) is 5.84 Å². The van der Waals surface area contributed by atoms with Crippen LogP contribution >= 0.6 is 11.3 Å². The molecular formula is C11H13N5S. The molecule has 2 aromatic rings. The summed E-state index contributed by atoms with van der Waals surface area (Å²) in [4.78, 5) is 10.4. The predicted molar refractivity (Wildman–Crippen MR) is 69.5 cm³/mol. The first-order valence-corrected chi connectivity index (χ1v) is 6.00. The van der Waals surface area contributed by atoms with Crippen LogP contribution in [0, 0.1) is 5.41 Å². The minimum absolute atomic E-state index is 0.0261.